The number of nitrogens with zero attached hydrogens (tertiary/aromatic N) is 1. The van der Waals surface area contributed by atoms with Crippen LogP contribution >= 0.6 is 0 Å². The van der Waals surface area contributed by atoms with E-state index in [4.69, 9.17) is 4.74 Å². The molecule has 0 saturated heterocycles. The number of benzene rings is 3. The minimum atomic E-state index is -1.05. The number of carboxylic acid groups (broad SMARTS) is 1. The number of rotatable bonds is 10. The Morgan fingerprint density at radius 3 is 2.45 bits per heavy atom. The first-order valence-corrected chi connectivity index (χ1v) is 10.0. The van der Waals surface area contributed by atoms with Gasteiger partial charge in [-0.05, 0) is 47.0 Å². The first-order chi connectivity index (χ1) is 15.0. The third-order valence-corrected chi connectivity index (χ3v) is 4.79. The van der Waals surface area contributed by atoms with Gasteiger partial charge in [0.25, 0.3) is 0 Å². The lowest BCUT2D eigenvalue weighted by Crippen LogP contribution is -2.07. The topological polar surface area (TPSA) is 88.0 Å². The molecule has 0 aliphatic heterocycles. The van der Waals surface area contributed by atoms with E-state index in [9.17, 15) is 14.8 Å². The van der Waals surface area contributed by atoms with E-state index in [-0.39, 0.29) is 11.3 Å². The number of anilines is 1. The Morgan fingerprint density at radius 2 is 1.77 bits per heavy atom. The van der Waals surface area contributed by atoms with Crippen molar-refractivity contribution in [1.82, 2.24) is 0 Å². The number of ether oxygens (including phenoxy) is 1. The number of nitrogens with one attached hydrogen (secondary N) is 1. The van der Waals surface area contributed by atoms with Crippen LogP contribution in [-0.4, -0.2) is 17.7 Å². The zero-order chi connectivity index (χ0) is 22.2. The van der Waals surface area contributed by atoms with Gasteiger partial charge in [0.2, 0.25) is 0 Å². The van der Waals surface area contributed by atoms with Gasteiger partial charge < -0.3 is 15.2 Å². The molecule has 158 valence electrons. The van der Waals surface area contributed by atoms with Gasteiger partial charge in [-0.15, -0.1) is 4.91 Å². The molecule has 0 saturated carbocycles. The van der Waals surface area contributed by atoms with E-state index < -0.39 is 5.97 Å². The summed E-state index contributed by atoms with van der Waals surface area (Å²) in [5.74, 6) is -0.575. The summed E-state index contributed by atoms with van der Waals surface area (Å²) in [7, 11) is 0. The molecule has 0 aliphatic carbocycles. The smallest absolute Gasteiger partial charge is 0.337 e. The summed E-state index contributed by atoms with van der Waals surface area (Å²) in [6, 6.07) is 19.6. The monoisotopic (exact) mass is 416 g/mol. The van der Waals surface area contributed by atoms with E-state index in [2.05, 4.69) is 24.0 Å². The molecule has 0 amide bonds. The lowest BCUT2D eigenvalue weighted by molar-refractivity contribution is 0.0698. The van der Waals surface area contributed by atoms with Crippen molar-refractivity contribution < 1.29 is 14.6 Å². The molecular weight excluding hydrogens is 392 g/mol. The van der Waals surface area contributed by atoms with Gasteiger partial charge in [0.15, 0.2) is 0 Å². The Labute approximate surface area is 181 Å². The summed E-state index contributed by atoms with van der Waals surface area (Å²) in [4.78, 5) is 22.7. The lowest BCUT2D eigenvalue weighted by Gasteiger charge is -2.17. The van der Waals surface area contributed by atoms with E-state index in [0.29, 0.717) is 29.3 Å². The van der Waals surface area contributed by atoms with Crippen LogP contribution in [-0.2, 0) is 0 Å². The molecule has 31 heavy (non-hydrogen) atoms. The van der Waals surface area contributed by atoms with E-state index in [1.54, 1.807) is 36.4 Å². The van der Waals surface area contributed by atoms with Gasteiger partial charge in [-0.2, -0.15) is 0 Å². The largest absolute Gasteiger partial charge is 0.493 e. The molecule has 3 rings (SSSR count). The Kier molecular flexibility index (Phi) is 7.17. The number of carboxylic acids is 1. The molecule has 3 aromatic carbocycles. The van der Waals surface area contributed by atoms with Crippen LogP contribution < -0.4 is 10.1 Å². The number of hydrogen-bond acceptors (Lipinski definition) is 5. The first-order valence-electron chi connectivity index (χ1n) is 10.0. The Morgan fingerprint density at radius 1 is 1.03 bits per heavy atom. The second-order valence-electron chi connectivity index (χ2n) is 7.01. The first kappa shape index (κ1) is 21.8. The highest BCUT2D eigenvalue weighted by molar-refractivity contribution is 5.98. The summed E-state index contributed by atoms with van der Waals surface area (Å²) in [5, 5.41) is 15.7. The van der Waals surface area contributed by atoms with E-state index >= 15 is 0 Å². The van der Waals surface area contributed by atoms with Gasteiger partial charge in [-0.3, -0.25) is 0 Å². The van der Waals surface area contributed by atoms with Crippen LogP contribution in [0, 0.1) is 4.91 Å². The summed E-state index contributed by atoms with van der Waals surface area (Å²) >= 11 is 0. The van der Waals surface area contributed by atoms with E-state index in [0.717, 1.165) is 24.0 Å². The van der Waals surface area contributed by atoms with Gasteiger partial charge in [0, 0.05) is 17.3 Å². The van der Waals surface area contributed by atoms with Gasteiger partial charge in [-0.1, -0.05) is 56.3 Å². The van der Waals surface area contributed by atoms with Crippen molar-refractivity contribution in [2.75, 3.05) is 11.9 Å². The molecule has 0 unspecified atom stereocenters. The number of carbonyl (C=O) groups is 1. The zero-order valence-electron chi connectivity index (χ0n) is 17.3. The average Bonchev–Trinajstić information content (AvgIpc) is 2.79. The molecule has 0 heterocycles. The highest BCUT2D eigenvalue weighted by Crippen LogP contribution is 2.33. The third-order valence-electron chi connectivity index (χ3n) is 4.79. The predicted octanol–water partition coefficient (Wildman–Crippen LogP) is 6.71. The van der Waals surface area contributed by atoms with E-state index in [1.165, 1.54) is 0 Å². The van der Waals surface area contributed by atoms with E-state index in [1.807, 2.05) is 30.3 Å². The maximum absolute atomic E-state index is 11.8. The van der Waals surface area contributed by atoms with Crippen molar-refractivity contribution in [3.63, 3.8) is 0 Å². The summed E-state index contributed by atoms with van der Waals surface area (Å²) in [6.45, 7) is 6.62. The third kappa shape index (κ3) is 5.36. The van der Waals surface area contributed by atoms with Crippen LogP contribution in [0.15, 0.2) is 78.5 Å². The predicted molar refractivity (Wildman–Crippen MR) is 124 cm³/mol. The van der Waals surface area contributed by atoms with Crippen molar-refractivity contribution in [2.24, 2.45) is 5.18 Å². The maximum Gasteiger partial charge on any atom is 0.337 e. The highest BCUT2D eigenvalue weighted by Gasteiger charge is 2.15. The highest BCUT2D eigenvalue weighted by atomic mass is 16.5. The van der Waals surface area contributed by atoms with Crippen molar-refractivity contribution in [1.29, 1.82) is 0 Å². The van der Waals surface area contributed by atoms with Crippen molar-refractivity contribution in [3.05, 3.63) is 89.3 Å². The number of nitroso groups, excluding NO2 is 1. The van der Waals surface area contributed by atoms with Gasteiger partial charge in [-0.25, -0.2) is 4.79 Å². The average molecular weight is 416 g/mol. The molecule has 0 fully saturated rings. The van der Waals surface area contributed by atoms with Crippen molar-refractivity contribution in [3.8, 4) is 16.9 Å². The summed E-state index contributed by atoms with van der Waals surface area (Å²) in [6.07, 6.45) is 1.83. The maximum atomic E-state index is 11.8. The summed E-state index contributed by atoms with van der Waals surface area (Å²) < 4.78 is 5.83. The second kappa shape index (κ2) is 10.2. The van der Waals surface area contributed by atoms with Crippen LogP contribution in [0.5, 0.6) is 5.75 Å². The van der Waals surface area contributed by atoms with Crippen LogP contribution in [0.3, 0.4) is 0 Å². The Hall–Kier alpha value is -3.93. The minimum Gasteiger partial charge on any atom is -0.493 e. The molecule has 0 atom stereocenters. The zero-order valence-corrected chi connectivity index (χ0v) is 17.3. The molecule has 6 nitrogen and oxygen atoms in total. The fourth-order valence-corrected chi connectivity index (χ4v) is 3.14. The Bertz CT molecular complexity index is 1090. The standard InChI is InChI=1S/C25H24N2O4/c1-3-4-14-31-24-16-20(27-30)11-13-21(24)17(2)26-23-15-19(10-12-22(23)25(28)29)18-8-6-5-7-9-18/h5-13,15-16,26H,2-4,14H2,1H3,(H,28,29). The fraction of sp³-hybridized carbons (Fsp3) is 0.160. The van der Waals surface area contributed by atoms with Crippen LogP contribution in [0.1, 0.15) is 35.7 Å². The normalized spacial score (nSPS) is 10.4. The molecule has 0 aliphatic rings. The van der Waals surface area contributed by atoms with Crippen LogP contribution in [0.25, 0.3) is 16.8 Å². The molecule has 0 bridgehead atoms. The van der Waals surface area contributed by atoms with Gasteiger partial charge >= 0.3 is 5.97 Å². The minimum absolute atomic E-state index is 0.125. The number of aromatic carboxylic acids is 1. The molecule has 0 aromatic heterocycles. The number of hydrogen-bond donors (Lipinski definition) is 2. The fourth-order valence-electron chi connectivity index (χ4n) is 3.14. The van der Waals surface area contributed by atoms with Gasteiger partial charge in [0.1, 0.15) is 11.4 Å². The van der Waals surface area contributed by atoms with Crippen molar-refractivity contribution in [2.45, 2.75) is 19.8 Å². The molecular formula is C25H24N2O4. The molecule has 2 N–H and O–H groups in total. The SMILES string of the molecule is C=C(Nc1cc(-c2ccccc2)ccc1C(=O)O)c1ccc(N=O)cc1OCCCC. The molecule has 0 spiro atoms. The summed E-state index contributed by atoms with van der Waals surface area (Å²) in [5.41, 5.74) is 3.72. The quantitative estimate of drug-likeness (QED) is 0.283. The molecule has 6 heteroatoms. The molecule has 3 aromatic rings. The number of unbranched alkanes of at least 4 members (excludes halogenated alkanes) is 1. The van der Waals surface area contributed by atoms with Gasteiger partial charge in [0.05, 0.1) is 17.9 Å². The molecule has 0 radical (unpaired) electrons. The lowest BCUT2D eigenvalue weighted by atomic mass is 10.0. The van der Waals surface area contributed by atoms with Crippen LogP contribution in [0.2, 0.25) is 0 Å². The van der Waals surface area contributed by atoms with Crippen LogP contribution in [0.4, 0.5) is 11.4 Å². The Balaban J connectivity index is 1.95. The van der Waals surface area contributed by atoms with Crippen molar-refractivity contribution >= 4 is 23.0 Å². The second-order valence-corrected chi connectivity index (χ2v) is 7.01.